The Morgan fingerprint density at radius 3 is 2.44 bits per heavy atom. The zero-order valence-electron chi connectivity index (χ0n) is 11.2. The summed E-state index contributed by atoms with van der Waals surface area (Å²) in [6.45, 7) is 6.73. The zero-order valence-corrected chi connectivity index (χ0v) is 11.2. The lowest BCUT2D eigenvalue weighted by molar-refractivity contribution is -0.135. The van der Waals surface area contributed by atoms with E-state index in [1.54, 1.807) is 20.8 Å². The molecule has 1 unspecified atom stereocenters. The van der Waals surface area contributed by atoms with Crippen molar-refractivity contribution in [2.24, 2.45) is 11.3 Å². The summed E-state index contributed by atoms with van der Waals surface area (Å²) in [6, 6.07) is -0.470. The molecule has 1 saturated heterocycles. The minimum atomic E-state index is -0.930. The lowest BCUT2D eigenvalue weighted by Crippen LogP contribution is -2.49. The number of rotatable bonds is 4. The molecule has 1 rings (SSSR count). The summed E-state index contributed by atoms with van der Waals surface area (Å²) in [6.07, 6.45) is 0.498. The van der Waals surface area contributed by atoms with E-state index in [2.05, 4.69) is 5.32 Å². The molecule has 1 aliphatic heterocycles. The van der Waals surface area contributed by atoms with Gasteiger partial charge in [0.2, 0.25) is 5.91 Å². The predicted molar refractivity (Wildman–Crippen MR) is 65.1 cm³/mol. The minimum absolute atomic E-state index is 0.00368. The van der Waals surface area contributed by atoms with Crippen molar-refractivity contribution in [3.8, 4) is 0 Å². The lowest BCUT2D eigenvalue weighted by Gasteiger charge is -2.27. The number of nitrogens with one attached hydrogen (secondary N) is 2. The molecule has 1 heterocycles. The highest BCUT2D eigenvalue weighted by Gasteiger charge is 2.48. The maximum absolute atomic E-state index is 12.1. The quantitative estimate of drug-likeness (QED) is 0.278. The van der Waals surface area contributed by atoms with E-state index < -0.39 is 22.9 Å². The molecule has 0 bridgehead atoms. The fourth-order valence-electron chi connectivity index (χ4n) is 1.79. The molecule has 0 aromatic heterocycles. The van der Waals surface area contributed by atoms with Crippen LogP contribution in [0, 0.1) is 5.41 Å². The summed E-state index contributed by atoms with van der Waals surface area (Å²) in [5.41, 5.74) is 0.223. The average Bonchev–Trinajstić information content (AvgIpc) is 2.52. The van der Waals surface area contributed by atoms with Gasteiger partial charge in [0.15, 0.2) is 0 Å². The highest BCUT2D eigenvalue weighted by atomic mass is 16.2. The number of amides is 4. The Labute approximate surface area is 106 Å². The fraction of sp³-hybridized carbons (Fsp3) is 0.727. The number of urea groups is 1. The van der Waals surface area contributed by atoms with Crippen LogP contribution in [-0.2, 0) is 9.59 Å². The molecule has 4 amide bonds. The van der Waals surface area contributed by atoms with Crippen LogP contribution in [0.4, 0.5) is 4.79 Å². The number of hydrogen-bond donors (Lipinski definition) is 3. The number of hydrazine groups is 1. The molecule has 1 fully saturated rings. The Morgan fingerprint density at radius 1 is 1.50 bits per heavy atom. The summed E-state index contributed by atoms with van der Waals surface area (Å²) >= 11 is 0. The van der Waals surface area contributed by atoms with E-state index in [1.807, 2.05) is 12.3 Å². The van der Waals surface area contributed by atoms with Crippen molar-refractivity contribution in [2.75, 3.05) is 6.54 Å². The highest BCUT2D eigenvalue weighted by Crippen LogP contribution is 2.25. The zero-order chi connectivity index (χ0) is 14.1. The Morgan fingerprint density at radius 2 is 2.06 bits per heavy atom. The highest BCUT2D eigenvalue weighted by molar-refractivity contribution is 6.07. The lowest BCUT2D eigenvalue weighted by atomic mass is 9.91. The van der Waals surface area contributed by atoms with Gasteiger partial charge in [0, 0.05) is 6.54 Å². The van der Waals surface area contributed by atoms with Gasteiger partial charge in [-0.25, -0.2) is 10.6 Å². The molecule has 0 aromatic carbocycles. The van der Waals surface area contributed by atoms with Gasteiger partial charge in [-0.2, -0.15) is 0 Å². The summed E-state index contributed by atoms with van der Waals surface area (Å²) in [4.78, 5) is 36.5. The van der Waals surface area contributed by atoms with Gasteiger partial charge in [-0.15, -0.1) is 0 Å². The van der Waals surface area contributed by atoms with Gasteiger partial charge >= 0.3 is 6.03 Å². The van der Waals surface area contributed by atoms with Crippen LogP contribution < -0.4 is 16.6 Å². The van der Waals surface area contributed by atoms with Gasteiger partial charge < -0.3 is 5.32 Å². The van der Waals surface area contributed by atoms with Crippen molar-refractivity contribution in [3.05, 3.63) is 0 Å². The van der Waals surface area contributed by atoms with Gasteiger partial charge in [-0.1, -0.05) is 6.92 Å². The fourth-order valence-corrected chi connectivity index (χ4v) is 1.79. The monoisotopic (exact) mass is 256 g/mol. The number of nitrogens with zero attached hydrogens (tertiary/aromatic N) is 1. The first-order chi connectivity index (χ1) is 8.18. The molecule has 1 aliphatic rings. The molecule has 0 saturated carbocycles. The summed E-state index contributed by atoms with van der Waals surface area (Å²) < 4.78 is 0. The van der Waals surface area contributed by atoms with E-state index in [9.17, 15) is 14.4 Å². The molecular weight excluding hydrogens is 236 g/mol. The molecule has 4 N–H and O–H groups in total. The Hall–Kier alpha value is -1.63. The molecule has 0 aromatic rings. The molecule has 18 heavy (non-hydrogen) atoms. The maximum Gasteiger partial charge on any atom is 0.325 e. The second-order valence-electron chi connectivity index (χ2n) is 5.36. The third-order valence-corrected chi connectivity index (χ3v) is 3.35. The Kier molecular flexibility index (Phi) is 3.66. The first-order valence-corrected chi connectivity index (χ1v) is 5.83. The summed E-state index contributed by atoms with van der Waals surface area (Å²) in [5.74, 6) is 4.34. The van der Waals surface area contributed by atoms with Crippen LogP contribution in [-0.4, -0.2) is 34.8 Å². The Bertz CT molecular complexity index is 394. The second-order valence-corrected chi connectivity index (χ2v) is 5.36. The van der Waals surface area contributed by atoms with Crippen molar-refractivity contribution in [1.29, 1.82) is 0 Å². The Balaban J connectivity index is 2.90. The van der Waals surface area contributed by atoms with E-state index in [0.29, 0.717) is 6.42 Å². The number of hydrogen-bond acceptors (Lipinski definition) is 4. The van der Waals surface area contributed by atoms with Crippen LogP contribution in [0.25, 0.3) is 0 Å². The minimum Gasteiger partial charge on any atom is -0.323 e. The summed E-state index contributed by atoms with van der Waals surface area (Å²) in [5, 5.41) is 2.63. The van der Waals surface area contributed by atoms with Crippen molar-refractivity contribution >= 4 is 17.8 Å². The number of nitrogens with two attached hydrogens (primary N) is 1. The molecule has 0 spiro atoms. The van der Waals surface area contributed by atoms with E-state index >= 15 is 0 Å². The van der Waals surface area contributed by atoms with E-state index in [1.165, 1.54) is 0 Å². The predicted octanol–water partition coefficient (Wildman–Crippen LogP) is -0.277. The molecule has 1 atom stereocenters. The third-order valence-electron chi connectivity index (χ3n) is 3.35. The first-order valence-electron chi connectivity index (χ1n) is 5.83. The third kappa shape index (κ3) is 2.31. The van der Waals surface area contributed by atoms with Gasteiger partial charge in [0.25, 0.3) is 5.91 Å². The van der Waals surface area contributed by atoms with Crippen LogP contribution >= 0.6 is 0 Å². The number of carbonyl (C=O) groups excluding carboxylic acids is 3. The standard InChI is InChI=1S/C11H20N4O3/c1-5-11(4)8(17)15(9(18)13-11)6-10(2,3)7(16)14-12/h5-6,12H2,1-4H3,(H,13,18)(H,14,16). The van der Waals surface area contributed by atoms with Crippen molar-refractivity contribution < 1.29 is 14.4 Å². The number of imide groups is 1. The molecule has 102 valence electrons. The average molecular weight is 256 g/mol. The molecule has 0 radical (unpaired) electrons. The van der Waals surface area contributed by atoms with E-state index in [0.717, 1.165) is 4.90 Å². The topological polar surface area (TPSA) is 105 Å². The van der Waals surface area contributed by atoms with Crippen LogP contribution in [0.3, 0.4) is 0 Å². The van der Waals surface area contributed by atoms with Crippen molar-refractivity contribution in [2.45, 2.75) is 39.7 Å². The van der Waals surface area contributed by atoms with Crippen LogP contribution in [0.1, 0.15) is 34.1 Å². The largest absolute Gasteiger partial charge is 0.325 e. The SMILES string of the molecule is CCC1(C)NC(=O)N(CC(C)(C)C(=O)NN)C1=O. The maximum atomic E-state index is 12.1. The molecular formula is C11H20N4O3. The molecule has 7 nitrogen and oxygen atoms in total. The first kappa shape index (κ1) is 14.4. The van der Waals surface area contributed by atoms with E-state index in [4.69, 9.17) is 5.84 Å². The van der Waals surface area contributed by atoms with Gasteiger partial charge in [0.1, 0.15) is 5.54 Å². The van der Waals surface area contributed by atoms with Crippen molar-refractivity contribution in [3.63, 3.8) is 0 Å². The summed E-state index contributed by atoms with van der Waals surface area (Å²) in [7, 11) is 0. The van der Waals surface area contributed by atoms with Crippen LogP contribution in [0.15, 0.2) is 0 Å². The van der Waals surface area contributed by atoms with E-state index in [-0.39, 0.29) is 12.5 Å². The number of carbonyl (C=O) groups is 3. The van der Waals surface area contributed by atoms with Gasteiger partial charge in [0.05, 0.1) is 5.41 Å². The second kappa shape index (κ2) is 4.56. The normalized spacial score (nSPS) is 24.2. The van der Waals surface area contributed by atoms with Gasteiger partial charge in [-0.3, -0.25) is 19.9 Å². The van der Waals surface area contributed by atoms with Crippen LogP contribution in [0.2, 0.25) is 0 Å². The molecule has 0 aliphatic carbocycles. The molecule has 7 heteroatoms. The smallest absolute Gasteiger partial charge is 0.323 e. The van der Waals surface area contributed by atoms with Gasteiger partial charge in [-0.05, 0) is 27.2 Å². The van der Waals surface area contributed by atoms with Crippen LogP contribution in [0.5, 0.6) is 0 Å². The van der Waals surface area contributed by atoms with Crippen molar-refractivity contribution in [1.82, 2.24) is 15.6 Å².